The summed E-state index contributed by atoms with van der Waals surface area (Å²) in [5.41, 5.74) is 2.84. The third-order valence-electron chi connectivity index (χ3n) is 1.69. The van der Waals surface area contributed by atoms with E-state index < -0.39 is 0 Å². The summed E-state index contributed by atoms with van der Waals surface area (Å²) < 4.78 is 0. The van der Waals surface area contributed by atoms with Gasteiger partial charge < -0.3 is 0 Å². The molecule has 0 heterocycles. The fourth-order valence-electron chi connectivity index (χ4n) is 1.20. The molecule has 0 saturated carbocycles. The van der Waals surface area contributed by atoms with Crippen LogP contribution in [0.5, 0.6) is 0 Å². The van der Waals surface area contributed by atoms with Crippen molar-refractivity contribution in [3.63, 3.8) is 0 Å². The molecule has 1 aliphatic rings. The average molecular weight is 159 g/mol. The molecule has 1 aromatic carbocycles. The highest BCUT2D eigenvalue weighted by Crippen LogP contribution is 2.17. The van der Waals surface area contributed by atoms with Gasteiger partial charge in [0.05, 0.1) is 0 Å². The monoisotopic (exact) mass is 159 g/mol. The Morgan fingerprint density at radius 3 is 2.67 bits per heavy atom. The van der Waals surface area contributed by atoms with Crippen LogP contribution in [0.15, 0.2) is 30.3 Å². The predicted molar refractivity (Wildman–Crippen MR) is 47.6 cm³/mol. The standard InChI is InChI=1S/C9H8.CHNO/c1-2-5-9-7-3-6-8(9)4-1;2-1-3/h1-6H,7H2;2H. The van der Waals surface area contributed by atoms with Gasteiger partial charge in [0.25, 0.3) is 0 Å². The van der Waals surface area contributed by atoms with Crippen molar-refractivity contribution in [1.29, 1.82) is 5.41 Å². The molecule has 0 radical (unpaired) electrons. The highest BCUT2D eigenvalue weighted by atomic mass is 16.1. The summed E-state index contributed by atoms with van der Waals surface area (Å²) in [7, 11) is 0. The molecule has 0 aromatic heterocycles. The van der Waals surface area contributed by atoms with Gasteiger partial charge in [-0.1, -0.05) is 36.4 Å². The van der Waals surface area contributed by atoms with Crippen LogP contribution >= 0.6 is 0 Å². The molecular weight excluding hydrogens is 150 g/mol. The lowest BCUT2D eigenvalue weighted by molar-refractivity contribution is 0.563. The van der Waals surface area contributed by atoms with Crippen molar-refractivity contribution in [1.82, 2.24) is 0 Å². The van der Waals surface area contributed by atoms with E-state index in [0.29, 0.717) is 0 Å². The first-order valence-electron chi connectivity index (χ1n) is 3.67. The van der Waals surface area contributed by atoms with Crippen LogP contribution in [0.3, 0.4) is 0 Å². The molecule has 0 fully saturated rings. The number of isocyanates is 1. The number of rotatable bonds is 0. The molecule has 12 heavy (non-hydrogen) atoms. The van der Waals surface area contributed by atoms with Crippen LogP contribution in [0.2, 0.25) is 0 Å². The van der Waals surface area contributed by atoms with Gasteiger partial charge in [-0.2, -0.15) is 0 Å². The summed E-state index contributed by atoms with van der Waals surface area (Å²) in [6.45, 7) is 0. The molecule has 1 N–H and O–H groups in total. The molecule has 1 aliphatic carbocycles. The third kappa shape index (κ3) is 1.91. The molecule has 0 saturated heterocycles. The van der Waals surface area contributed by atoms with Crippen molar-refractivity contribution in [2.24, 2.45) is 0 Å². The second-order valence-electron chi connectivity index (χ2n) is 2.41. The van der Waals surface area contributed by atoms with E-state index in [9.17, 15) is 0 Å². The molecule has 0 unspecified atom stereocenters. The van der Waals surface area contributed by atoms with E-state index >= 15 is 0 Å². The van der Waals surface area contributed by atoms with Gasteiger partial charge in [-0.15, -0.1) is 0 Å². The Morgan fingerprint density at radius 2 is 2.00 bits per heavy atom. The number of benzene rings is 1. The largest absolute Gasteiger partial charge is 0.231 e. The van der Waals surface area contributed by atoms with Crippen molar-refractivity contribution < 1.29 is 4.79 Å². The molecule has 0 amide bonds. The van der Waals surface area contributed by atoms with Gasteiger partial charge in [0.2, 0.25) is 6.08 Å². The van der Waals surface area contributed by atoms with Crippen molar-refractivity contribution in [3.8, 4) is 0 Å². The van der Waals surface area contributed by atoms with E-state index in [1.807, 2.05) is 0 Å². The first-order valence-corrected chi connectivity index (χ1v) is 3.67. The van der Waals surface area contributed by atoms with Gasteiger partial charge in [-0.3, -0.25) is 0 Å². The lowest BCUT2D eigenvalue weighted by atomic mass is 10.1. The van der Waals surface area contributed by atoms with Crippen molar-refractivity contribution in [2.45, 2.75) is 6.42 Å². The van der Waals surface area contributed by atoms with Crippen LogP contribution in [-0.4, -0.2) is 6.08 Å². The molecule has 2 nitrogen and oxygen atoms in total. The molecular formula is C10H9NO. The lowest BCUT2D eigenvalue weighted by Crippen LogP contribution is -1.76. The van der Waals surface area contributed by atoms with Gasteiger partial charge in [0.15, 0.2) is 0 Å². The highest BCUT2D eigenvalue weighted by molar-refractivity contribution is 5.59. The molecule has 60 valence electrons. The van der Waals surface area contributed by atoms with Crippen LogP contribution < -0.4 is 0 Å². The zero-order valence-electron chi connectivity index (χ0n) is 6.58. The Kier molecular flexibility index (Phi) is 3.00. The second kappa shape index (κ2) is 4.27. The summed E-state index contributed by atoms with van der Waals surface area (Å²) in [5.74, 6) is 0. The van der Waals surface area contributed by atoms with Crippen LogP contribution in [0.4, 0.5) is 0 Å². The quantitative estimate of drug-likeness (QED) is 0.457. The Morgan fingerprint density at radius 1 is 1.33 bits per heavy atom. The maximum atomic E-state index is 8.35. The zero-order valence-corrected chi connectivity index (χ0v) is 6.58. The summed E-state index contributed by atoms with van der Waals surface area (Å²) in [6.07, 6.45) is 6.25. The van der Waals surface area contributed by atoms with Gasteiger partial charge >= 0.3 is 0 Å². The van der Waals surface area contributed by atoms with Crippen LogP contribution in [0.1, 0.15) is 11.1 Å². The fraction of sp³-hybridized carbons (Fsp3) is 0.100. The van der Waals surface area contributed by atoms with Gasteiger partial charge in [0.1, 0.15) is 0 Å². The number of allylic oxidation sites excluding steroid dienone is 1. The van der Waals surface area contributed by atoms with Crippen LogP contribution in [0, 0.1) is 5.41 Å². The fourth-order valence-corrected chi connectivity index (χ4v) is 1.20. The second-order valence-corrected chi connectivity index (χ2v) is 2.41. The Hall–Kier alpha value is -1.66. The van der Waals surface area contributed by atoms with E-state index in [1.54, 1.807) is 0 Å². The van der Waals surface area contributed by atoms with Crippen molar-refractivity contribution in [2.75, 3.05) is 0 Å². The minimum Gasteiger partial charge on any atom is -0.222 e. The SMILES string of the molecule is C1=Cc2ccccc2C1.N=C=O. The van der Waals surface area contributed by atoms with Gasteiger partial charge in [-0.25, -0.2) is 10.2 Å². The van der Waals surface area contributed by atoms with E-state index in [2.05, 4.69) is 36.4 Å². The smallest absolute Gasteiger partial charge is 0.222 e. The van der Waals surface area contributed by atoms with Gasteiger partial charge in [0, 0.05) is 0 Å². The van der Waals surface area contributed by atoms with Crippen LogP contribution in [0.25, 0.3) is 6.08 Å². The van der Waals surface area contributed by atoms with Gasteiger partial charge in [-0.05, 0) is 17.5 Å². The van der Waals surface area contributed by atoms with E-state index in [-0.39, 0.29) is 0 Å². The Bertz CT molecular complexity index is 322. The minimum atomic E-state index is 0.750. The third-order valence-corrected chi connectivity index (χ3v) is 1.69. The number of fused-ring (bicyclic) bond motifs is 1. The van der Waals surface area contributed by atoms with Crippen molar-refractivity contribution >= 4 is 12.2 Å². The summed E-state index contributed by atoms with van der Waals surface area (Å²) in [4.78, 5) is 8.35. The molecule has 2 heteroatoms. The summed E-state index contributed by atoms with van der Waals surface area (Å²) in [6, 6.07) is 8.49. The Balaban J connectivity index is 0.000000213. The van der Waals surface area contributed by atoms with E-state index in [4.69, 9.17) is 10.2 Å². The van der Waals surface area contributed by atoms with E-state index in [0.717, 1.165) is 12.5 Å². The predicted octanol–water partition coefficient (Wildman–Crippen LogP) is 2.16. The topological polar surface area (TPSA) is 40.9 Å². The average Bonchev–Trinajstić information content (AvgIpc) is 2.52. The lowest BCUT2D eigenvalue weighted by Gasteiger charge is -1.93. The van der Waals surface area contributed by atoms with E-state index in [1.165, 1.54) is 11.1 Å². The van der Waals surface area contributed by atoms with Crippen LogP contribution in [-0.2, 0) is 11.2 Å². The summed E-state index contributed by atoms with van der Waals surface area (Å²) in [5, 5.41) is 5.40. The molecule has 0 spiro atoms. The number of carbonyl (C=O) groups excluding carboxylic acids is 1. The summed E-state index contributed by atoms with van der Waals surface area (Å²) >= 11 is 0. The highest BCUT2D eigenvalue weighted by Gasteiger charge is 2.00. The Labute approximate surface area is 71.0 Å². The maximum absolute atomic E-state index is 8.35. The molecule has 0 aliphatic heterocycles. The normalized spacial score (nSPS) is 11.0. The number of hydrogen-bond acceptors (Lipinski definition) is 2. The number of nitrogens with one attached hydrogen (secondary N) is 1. The minimum absolute atomic E-state index is 0.750. The first-order chi connectivity index (χ1) is 5.88. The maximum Gasteiger partial charge on any atom is 0.231 e. The molecule has 1 aromatic rings. The molecule has 0 bridgehead atoms. The number of hydrogen-bond donors (Lipinski definition) is 1. The first kappa shape index (κ1) is 8.44. The van der Waals surface area contributed by atoms with Crippen molar-refractivity contribution in [3.05, 3.63) is 41.5 Å². The zero-order chi connectivity index (χ0) is 8.81. The molecule has 2 rings (SSSR count). The molecule has 0 atom stereocenters.